The van der Waals surface area contributed by atoms with E-state index >= 15 is 0 Å². The lowest BCUT2D eigenvalue weighted by Gasteiger charge is -2.08. The second kappa shape index (κ2) is 5.26. The van der Waals surface area contributed by atoms with E-state index in [0.717, 1.165) is 10.9 Å². The summed E-state index contributed by atoms with van der Waals surface area (Å²) in [7, 11) is 1.58. The average molecular weight is 285 g/mol. The van der Waals surface area contributed by atoms with E-state index in [9.17, 15) is 4.79 Å². The van der Waals surface area contributed by atoms with Gasteiger partial charge in [0.05, 0.1) is 24.3 Å². The highest BCUT2D eigenvalue weighted by atomic mass is 32.1. The minimum Gasteiger partial charge on any atom is -0.496 e. The van der Waals surface area contributed by atoms with E-state index in [1.54, 1.807) is 24.9 Å². The number of carbonyl (C=O) groups excluding carboxylic acids is 1. The van der Waals surface area contributed by atoms with Crippen LogP contribution >= 0.6 is 11.3 Å². The predicted octanol–water partition coefficient (Wildman–Crippen LogP) is 2.95. The highest BCUT2D eigenvalue weighted by Crippen LogP contribution is 2.25. The van der Waals surface area contributed by atoms with Gasteiger partial charge in [-0.05, 0) is 12.1 Å². The first-order chi connectivity index (χ1) is 9.78. The number of pyridine rings is 1. The number of rotatable bonds is 3. The summed E-state index contributed by atoms with van der Waals surface area (Å²) in [6.45, 7) is 0. The summed E-state index contributed by atoms with van der Waals surface area (Å²) in [5.74, 6) is 0.350. The zero-order chi connectivity index (χ0) is 13.9. The Morgan fingerprint density at radius 2 is 2.20 bits per heavy atom. The van der Waals surface area contributed by atoms with Crippen LogP contribution in [0.5, 0.6) is 5.75 Å². The van der Waals surface area contributed by atoms with Crippen molar-refractivity contribution in [1.82, 2.24) is 9.97 Å². The molecule has 0 fully saturated rings. The van der Waals surface area contributed by atoms with Crippen molar-refractivity contribution >= 4 is 33.1 Å². The molecule has 0 bridgehead atoms. The van der Waals surface area contributed by atoms with Gasteiger partial charge in [-0.2, -0.15) is 0 Å². The fraction of sp³-hybridized carbons (Fsp3) is 0.0714. The van der Waals surface area contributed by atoms with Gasteiger partial charge in [0.15, 0.2) is 0 Å². The molecule has 0 saturated heterocycles. The second-order valence-corrected chi connectivity index (χ2v) is 4.93. The number of benzene rings is 1. The number of nitrogens with one attached hydrogen (secondary N) is 1. The minimum atomic E-state index is -0.279. The molecule has 0 radical (unpaired) electrons. The lowest BCUT2D eigenvalue weighted by atomic mass is 10.2. The predicted molar refractivity (Wildman–Crippen MR) is 78.4 cm³/mol. The Labute approximate surface area is 119 Å². The highest BCUT2D eigenvalue weighted by Gasteiger charge is 2.13. The molecule has 0 aliphatic heterocycles. The topological polar surface area (TPSA) is 64.1 Å². The van der Waals surface area contributed by atoms with E-state index in [2.05, 4.69) is 15.3 Å². The summed E-state index contributed by atoms with van der Waals surface area (Å²) in [6.07, 6.45) is 1.60. The van der Waals surface area contributed by atoms with Gasteiger partial charge in [0, 0.05) is 11.5 Å². The van der Waals surface area contributed by atoms with Crippen molar-refractivity contribution in [3.8, 4) is 5.75 Å². The summed E-state index contributed by atoms with van der Waals surface area (Å²) in [5, 5.41) is 4.32. The fourth-order valence-electron chi connectivity index (χ4n) is 1.88. The van der Waals surface area contributed by atoms with Gasteiger partial charge >= 0.3 is 0 Å². The number of fused-ring (bicyclic) bond motifs is 1. The summed E-state index contributed by atoms with van der Waals surface area (Å²) in [6, 6.07) is 9.18. The van der Waals surface area contributed by atoms with E-state index in [4.69, 9.17) is 4.74 Å². The molecule has 0 saturated carbocycles. The van der Waals surface area contributed by atoms with Crippen LogP contribution in [0.15, 0.2) is 42.0 Å². The molecule has 1 aromatic carbocycles. The summed E-state index contributed by atoms with van der Waals surface area (Å²) < 4.78 is 5.32. The molecule has 2 aromatic heterocycles. The fourth-order valence-corrected chi connectivity index (χ4v) is 2.39. The normalized spacial score (nSPS) is 10.4. The number of amides is 1. The number of hydrogen-bond acceptors (Lipinski definition) is 5. The third kappa shape index (κ3) is 2.33. The quantitative estimate of drug-likeness (QED) is 0.803. The van der Waals surface area contributed by atoms with Crippen LogP contribution in [0.4, 0.5) is 5.00 Å². The molecule has 0 spiro atoms. The molecule has 3 aromatic rings. The van der Waals surface area contributed by atoms with Gasteiger partial charge in [0.2, 0.25) is 0 Å². The van der Waals surface area contributed by atoms with Crippen LogP contribution in [0.25, 0.3) is 10.9 Å². The van der Waals surface area contributed by atoms with Crippen molar-refractivity contribution in [3.63, 3.8) is 0 Å². The van der Waals surface area contributed by atoms with Crippen molar-refractivity contribution in [3.05, 3.63) is 47.7 Å². The number of para-hydroxylation sites is 1. The van der Waals surface area contributed by atoms with Gasteiger partial charge in [-0.15, -0.1) is 11.3 Å². The summed E-state index contributed by atoms with van der Waals surface area (Å²) in [4.78, 5) is 20.4. The van der Waals surface area contributed by atoms with Crippen LogP contribution in [0.3, 0.4) is 0 Å². The molecule has 20 heavy (non-hydrogen) atoms. The molecule has 6 heteroatoms. The van der Waals surface area contributed by atoms with Crippen LogP contribution < -0.4 is 10.1 Å². The first-order valence-electron chi connectivity index (χ1n) is 5.91. The van der Waals surface area contributed by atoms with E-state index in [1.165, 1.54) is 11.3 Å². The van der Waals surface area contributed by atoms with Crippen molar-refractivity contribution < 1.29 is 9.53 Å². The third-order valence-corrected chi connectivity index (χ3v) is 3.49. The summed E-state index contributed by atoms with van der Waals surface area (Å²) >= 11 is 1.36. The number of carbonyl (C=O) groups is 1. The van der Waals surface area contributed by atoms with Gasteiger partial charge in [0.25, 0.3) is 5.91 Å². The second-order valence-electron chi connectivity index (χ2n) is 4.05. The van der Waals surface area contributed by atoms with Crippen LogP contribution in [-0.2, 0) is 0 Å². The molecule has 3 rings (SSSR count). The standard InChI is InChI=1S/C14H11N3O2S/c1-19-12-6-11(14(18)17-13-7-15-8-20-13)16-10-5-3-2-4-9(10)12/h2-8H,1H3,(H,17,18). The monoisotopic (exact) mass is 285 g/mol. The Hall–Kier alpha value is -2.47. The first-order valence-corrected chi connectivity index (χ1v) is 6.79. The SMILES string of the molecule is COc1cc(C(=O)Nc2cncs2)nc2ccccc12. The van der Waals surface area contributed by atoms with Crippen LogP contribution in [0, 0.1) is 0 Å². The molecule has 100 valence electrons. The molecule has 2 heterocycles. The van der Waals surface area contributed by atoms with E-state index < -0.39 is 0 Å². The number of nitrogens with zero attached hydrogens (tertiary/aromatic N) is 2. The Morgan fingerprint density at radius 3 is 2.95 bits per heavy atom. The molecular weight excluding hydrogens is 274 g/mol. The number of hydrogen-bond donors (Lipinski definition) is 1. The summed E-state index contributed by atoms with van der Waals surface area (Å²) in [5.41, 5.74) is 2.69. The number of anilines is 1. The maximum absolute atomic E-state index is 12.2. The van der Waals surface area contributed by atoms with Crippen molar-refractivity contribution in [1.29, 1.82) is 0 Å². The maximum atomic E-state index is 12.2. The Balaban J connectivity index is 2.01. The van der Waals surface area contributed by atoms with Crippen molar-refractivity contribution in [2.24, 2.45) is 0 Å². The number of methoxy groups -OCH3 is 1. The molecule has 5 nitrogen and oxygen atoms in total. The molecule has 1 amide bonds. The van der Waals surface area contributed by atoms with Crippen LogP contribution in [0.2, 0.25) is 0 Å². The van der Waals surface area contributed by atoms with Crippen LogP contribution in [0.1, 0.15) is 10.5 Å². The van der Waals surface area contributed by atoms with Crippen molar-refractivity contribution in [2.45, 2.75) is 0 Å². The number of aromatic nitrogens is 2. The Bertz CT molecular complexity index is 756. The molecule has 1 N–H and O–H groups in total. The van der Waals surface area contributed by atoms with E-state index in [-0.39, 0.29) is 5.91 Å². The zero-order valence-corrected chi connectivity index (χ0v) is 11.5. The third-order valence-electron chi connectivity index (χ3n) is 2.80. The van der Waals surface area contributed by atoms with E-state index in [0.29, 0.717) is 16.4 Å². The molecule has 0 aliphatic carbocycles. The van der Waals surface area contributed by atoms with Gasteiger partial charge in [-0.1, -0.05) is 12.1 Å². The maximum Gasteiger partial charge on any atom is 0.275 e. The Morgan fingerprint density at radius 1 is 1.35 bits per heavy atom. The highest BCUT2D eigenvalue weighted by molar-refractivity contribution is 7.14. The molecule has 0 unspecified atom stereocenters. The smallest absolute Gasteiger partial charge is 0.275 e. The van der Waals surface area contributed by atoms with Crippen LogP contribution in [-0.4, -0.2) is 23.0 Å². The zero-order valence-electron chi connectivity index (χ0n) is 10.7. The lowest BCUT2D eigenvalue weighted by molar-refractivity contribution is 0.102. The number of thiazole rings is 1. The largest absolute Gasteiger partial charge is 0.496 e. The van der Waals surface area contributed by atoms with Gasteiger partial charge in [-0.3, -0.25) is 9.78 Å². The molecule has 0 aliphatic rings. The van der Waals surface area contributed by atoms with Gasteiger partial charge < -0.3 is 10.1 Å². The molecule has 0 atom stereocenters. The van der Waals surface area contributed by atoms with Crippen molar-refractivity contribution in [2.75, 3.05) is 12.4 Å². The van der Waals surface area contributed by atoms with E-state index in [1.807, 2.05) is 24.3 Å². The first kappa shape index (κ1) is 12.6. The number of ether oxygens (including phenoxy) is 1. The lowest BCUT2D eigenvalue weighted by Crippen LogP contribution is -2.13. The van der Waals surface area contributed by atoms with Gasteiger partial charge in [-0.25, -0.2) is 4.98 Å². The minimum absolute atomic E-state index is 0.279. The average Bonchev–Trinajstić information content (AvgIpc) is 2.99. The Kier molecular flexibility index (Phi) is 3.30. The molecular formula is C14H11N3O2S. The van der Waals surface area contributed by atoms with Gasteiger partial charge in [0.1, 0.15) is 16.4 Å².